The largest absolute Gasteiger partial charge is 0.477 e. The number of rotatable bonds is 2. The summed E-state index contributed by atoms with van der Waals surface area (Å²) in [5.41, 5.74) is 8.72. The molecule has 2 heterocycles. The number of aryl methyl sites for hydroxylation is 1. The fourth-order valence-corrected chi connectivity index (χ4v) is 3.28. The lowest BCUT2D eigenvalue weighted by molar-refractivity contribution is 0.0701. The highest BCUT2D eigenvalue weighted by Gasteiger charge is 2.23. The molecular formula is C12H14N4O2S. The molecule has 3 rings (SSSR count). The molecule has 0 bridgehead atoms. The molecule has 2 aromatic rings. The Morgan fingerprint density at radius 2 is 2.42 bits per heavy atom. The lowest BCUT2D eigenvalue weighted by Gasteiger charge is -2.18. The third-order valence-electron chi connectivity index (χ3n) is 3.35. The zero-order valence-electron chi connectivity index (χ0n) is 10.5. The van der Waals surface area contributed by atoms with Gasteiger partial charge >= 0.3 is 5.97 Å². The Hall–Kier alpha value is -1.73. The molecule has 3 N–H and O–H groups in total. The van der Waals surface area contributed by atoms with E-state index < -0.39 is 5.97 Å². The zero-order valence-corrected chi connectivity index (χ0v) is 11.3. The predicted octanol–water partition coefficient (Wildman–Crippen LogP) is 1.15. The predicted molar refractivity (Wildman–Crippen MR) is 70.9 cm³/mol. The van der Waals surface area contributed by atoms with E-state index >= 15 is 0 Å². The van der Waals surface area contributed by atoms with Gasteiger partial charge in [-0.3, -0.25) is 0 Å². The van der Waals surface area contributed by atoms with Gasteiger partial charge in [-0.25, -0.2) is 14.5 Å². The first-order valence-corrected chi connectivity index (χ1v) is 6.90. The summed E-state index contributed by atoms with van der Waals surface area (Å²) >= 11 is 1.16. The molecule has 0 fully saturated rings. The summed E-state index contributed by atoms with van der Waals surface area (Å²) in [4.78, 5) is 15.6. The van der Waals surface area contributed by atoms with Crippen LogP contribution in [-0.2, 0) is 12.8 Å². The molecule has 0 aliphatic heterocycles. The van der Waals surface area contributed by atoms with Crippen molar-refractivity contribution in [3.8, 4) is 5.13 Å². The highest BCUT2D eigenvalue weighted by molar-refractivity contribution is 7.16. The summed E-state index contributed by atoms with van der Waals surface area (Å²) in [6, 6.07) is 0.192. The Balaban J connectivity index is 2.04. The number of fused-ring (bicyclic) bond motifs is 1. The Labute approximate surface area is 113 Å². The molecule has 100 valence electrons. The molecule has 0 saturated carbocycles. The van der Waals surface area contributed by atoms with Crippen molar-refractivity contribution in [1.82, 2.24) is 14.8 Å². The van der Waals surface area contributed by atoms with E-state index in [1.165, 1.54) is 0 Å². The van der Waals surface area contributed by atoms with Gasteiger partial charge in [0.05, 0.1) is 17.6 Å². The van der Waals surface area contributed by atoms with Crippen LogP contribution < -0.4 is 5.73 Å². The minimum atomic E-state index is -0.940. The fraction of sp³-hybridized carbons (Fsp3) is 0.417. The topological polar surface area (TPSA) is 94.0 Å². The van der Waals surface area contributed by atoms with Crippen LogP contribution in [0.2, 0.25) is 0 Å². The van der Waals surface area contributed by atoms with Crippen LogP contribution in [0.3, 0.4) is 0 Å². The Kier molecular flexibility index (Phi) is 2.87. The maximum absolute atomic E-state index is 11.1. The highest BCUT2D eigenvalue weighted by Crippen LogP contribution is 2.27. The van der Waals surface area contributed by atoms with Gasteiger partial charge in [0.2, 0.25) is 5.13 Å². The first kappa shape index (κ1) is 12.3. The van der Waals surface area contributed by atoms with Crippen molar-refractivity contribution in [1.29, 1.82) is 0 Å². The lowest BCUT2D eigenvalue weighted by Crippen LogP contribution is -2.28. The standard InChI is InChI=1S/C12H14N4O2S/c1-6-10(11(17)18)19-12(15-6)16-9-3-2-8(13)4-7(9)5-14-16/h5,8H,2-4,13H2,1H3,(H,17,18). The van der Waals surface area contributed by atoms with Crippen molar-refractivity contribution in [3.63, 3.8) is 0 Å². The fourth-order valence-electron chi connectivity index (χ4n) is 2.39. The second-order valence-corrected chi connectivity index (χ2v) is 5.72. The van der Waals surface area contributed by atoms with Gasteiger partial charge in [-0.05, 0) is 31.7 Å². The van der Waals surface area contributed by atoms with Gasteiger partial charge < -0.3 is 10.8 Å². The van der Waals surface area contributed by atoms with E-state index in [0.717, 1.165) is 41.9 Å². The summed E-state index contributed by atoms with van der Waals surface area (Å²) in [6.07, 6.45) is 4.42. The number of nitrogens with zero attached hydrogens (tertiary/aromatic N) is 3. The van der Waals surface area contributed by atoms with Gasteiger partial charge in [0.1, 0.15) is 4.88 Å². The minimum absolute atomic E-state index is 0.192. The quantitative estimate of drug-likeness (QED) is 0.859. The van der Waals surface area contributed by atoms with Crippen molar-refractivity contribution in [2.24, 2.45) is 5.73 Å². The third-order valence-corrected chi connectivity index (χ3v) is 4.47. The van der Waals surface area contributed by atoms with Crippen molar-refractivity contribution in [3.05, 3.63) is 28.0 Å². The number of nitrogens with two attached hydrogens (primary N) is 1. The van der Waals surface area contributed by atoms with E-state index in [1.54, 1.807) is 11.6 Å². The van der Waals surface area contributed by atoms with E-state index in [2.05, 4.69) is 10.1 Å². The smallest absolute Gasteiger partial charge is 0.347 e. The maximum Gasteiger partial charge on any atom is 0.347 e. The molecule has 2 aromatic heterocycles. The lowest BCUT2D eigenvalue weighted by atomic mass is 9.94. The number of carboxylic acid groups (broad SMARTS) is 1. The van der Waals surface area contributed by atoms with Crippen LogP contribution in [0.15, 0.2) is 6.20 Å². The van der Waals surface area contributed by atoms with Crippen molar-refractivity contribution >= 4 is 17.3 Å². The molecule has 1 atom stereocenters. The Bertz CT molecular complexity index is 646. The molecule has 1 aliphatic rings. The first-order chi connectivity index (χ1) is 9.06. The molecule has 0 spiro atoms. The molecule has 0 aromatic carbocycles. The molecule has 0 saturated heterocycles. The van der Waals surface area contributed by atoms with E-state index in [-0.39, 0.29) is 10.9 Å². The zero-order chi connectivity index (χ0) is 13.6. The van der Waals surface area contributed by atoms with E-state index in [9.17, 15) is 4.79 Å². The van der Waals surface area contributed by atoms with Crippen LogP contribution in [0.1, 0.15) is 33.0 Å². The number of aromatic nitrogens is 3. The summed E-state index contributed by atoms with van der Waals surface area (Å²) in [5, 5.41) is 14.0. The van der Waals surface area contributed by atoms with Crippen LogP contribution in [-0.4, -0.2) is 31.9 Å². The van der Waals surface area contributed by atoms with E-state index in [0.29, 0.717) is 10.8 Å². The molecule has 19 heavy (non-hydrogen) atoms. The molecule has 6 nitrogen and oxygen atoms in total. The molecule has 1 unspecified atom stereocenters. The van der Waals surface area contributed by atoms with Crippen LogP contribution in [0.4, 0.5) is 0 Å². The van der Waals surface area contributed by atoms with Crippen LogP contribution in [0.5, 0.6) is 0 Å². The van der Waals surface area contributed by atoms with Crippen molar-refractivity contribution in [2.45, 2.75) is 32.2 Å². The molecule has 0 radical (unpaired) electrons. The number of hydrogen-bond acceptors (Lipinski definition) is 5. The number of aromatic carboxylic acids is 1. The third kappa shape index (κ3) is 2.04. The highest BCUT2D eigenvalue weighted by atomic mass is 32.1. The average Bonchev–Trinajstić information content (AvgIpc) is 2.91. The van der Waals surface area contributed by atoms with E-state index in [1.807, 2.05) is 6.20 Å². The second-order valence-electron chi connectivity index (χ2n) is 4.75. The summed E-state index contributed by atoms with van der Waals surface area (Å²) < 4.78 is 1.76. The van der Waals surface area contributed by atoms with Gasteiger partial charge in [-0.2, -0.15) is 5.10 Å². The SMILES string of the molecule is Cc1nc(-n2ncc3c2CCC(N)C3)sc1C(=O)O. The van der Waals surface area contributed by atoms with Gasteiger partial charge in [0.25, 0.3) is 0 Å². The number of hydrogen-bond donors (Lipinski definition) is 2. The van der Waals surface area contributed by atoms with Crippen molar-refractivity contribution < 1.29 is 9.90 Å². The number of thiazole rings is 1. The first-order valence-electron chi connectivity index (χ1n) is 6.08. The molecule has 0 amide bonds. The summed E-state index contributed by atoms with van der Waals surface area (Å²) in [7, 11) is 0. The number of carboxylic acids is 1. The van der Waals surface area contributed by atoms with Crippen molar-refractivity contribution in [2.75, 3.05) is 0 Å². The van der Waals surface area contributed by atoms with Crippen LogP contribution >= 0.6 is 11.3 Å². The Morgan fingerprint density at radius 1 is 1.63 bits per heavy atom. The number of carbonyl (C=O) groups is 1. The van der Waals surface area contributed by atoms with Gasteiger partial charge in [0.15, 0.2) is 0 Å². The van der Waals surface area contributed by atoms with Gasteiger partial charge in [-0.1, -0.05) is 11.3 Å². The second kappa shape index (κ2) is 4.43. The molecule has 1 aliphatic carbocycles. The van der Waals surface area contributed by atoms with E-state index in [4.69, 9.17) is 10.8 Å². The maximum atomic E-state index is 11.1. The average molecular weight is 278 g/mol. The van der Waals surface area contributed by atoms with Crippen LogP contribution in [0, 0.1) is 6.92 Å². The normalized spacial score (nSPS) is 18.3. The monoisotopic (exact) mass is 278 g/mol. The summed E-state index contributed by atoms with van der Waals surface area (Å²) in [5.74, 6) is -0.940. The Morgan fingerprint density at radius 3 is 3.11 bits per heavy atom. The van der Waals surface area contributed by atoms with Crippen LogP contribution in [0.25, 0.3) is 5.13 Å². The van der Waals surface area contributed by atoms with Gasteiger partial charge in [0, 0.05) is 6.04 Å². The minimum Gasteiger partial charge on any atom is -0.477 e. The molecular weight excluding hydrogens is 264 g/mol. The van der Waals surface area contributed by atoms with Gasteiger partial charge in [-0.15, -0.1) is 0 Å². The summed E-state index contributed by atoms with van der Waals surface area (Å²) in [6.45, 7) is 1.70. The molecule has 7 heteroatoms.